The Morgan fingerprint density at radius 1 is 1.43 bits per heavy atom. The standard InChI is InChI=1S/C13H20N4O3S/c1-21(18,19)16-11-3-8-20-13(9-11)4-7-17(10-13)12-14-5-2-6-15-12/h2,5-6,11,16H,3-4,7-10H2,1H3/t11-,13-/m0/s1. The van der Waals surface area contributed by atoms with Gasteiger partial charge in [0.15, 0.2) is 0 Å². The highest BCUT2D eigenvalue weighted by molar-refractivity contribution is 7.88. The molecule has 0 saturated carbocycles. The van der Waals surface area contributed by atoms with E-state index in [1.807, 2.05) is 0 Å². The van der Waals surface area contributed by atoms with Gasteiger partial charge in [-0.05, 0) is 25.3 Å². The molecule has 0 aliphatic carbocycles. The van der Waals surface area contributed by atoms with Crippen LogP contribution in [0.2, 0.25) is 0 Å². The first-order chi connectivity index (χ1) is 9.96. The summed E-state index contributed by atoms with van der Waals surface area (Å²) < 4.78 is 31.5. The highest BCUT2D eigenvalue weighted by atomic mass is 32.2. The molecular formula is C13H20N4O3S. The molecule has 0 bridgehead atoms. The monoisotopic (exact) mass is 312 g/mol. The maximum atomic E-state index is 11.4. The lowest BCUT2D eigenvalue weighted by atomic mass is 9.90. The van der Waals surface area contributed by atoms with Crippen LogP contribution in [0.5, 0.6) is 0 Å². The number of nitrogens with zero attached hydrogens (tertiary/aromatic N) is 3. The fourth-order valence-electron chi connectivity index (χ4n) is 3.19. The van der Waals surface area contributed by atoms with E-state index < -0.39 is 10.0 Å². The zero-order chi connectivity index (χ0) is 14.9. The first kappa shape index (κ1) is 14.7. The van der Waals surface area contributed by atoms with E-state index in [4.69, 9.17) is 4.74 Å². The van der Waals surface area contributed by atoms with Crippen molar-refractivity contribution in [2.45, 2.75) is 30.9 Å². The van der Waals surface area contributed by atoms with Crippen LogP contribution in [0.15, 0.2) is 18.5 Å². The number of anilines is 1. The van der Waals surface area contributed by atoms with Gasteiger partial charge in [-0.1, -0.05) is 0 Å². The molecule has 21 heavy (non-hydrogen) atoms. The molecule has 1 aromatic rings. The Labute approximate surface area is 124 Å². The summed E-state index contributed by atoms with van der Waals surface area (Å²) in [5.41, 5.74) is -0.292. The molecule has 7 nitrogen and oxygen atoms in total. The highest BCUT2D eigenvalue weighted by Crippen LogP contribution is 2.35. The van der Waals surface area contributed by atoms with E-state index in [-0.39, 0.29) is 11.6 Å². The summed E-state index contributed by atoms with van der Waals surface area (Å²) >= 11 is 0. The van der Waals surface area contributed by atoms with Crippen molar-refractivity contribution in [1.82, 2.24) is 14.7 Å². The van der Waals surface area contributed by atoms with Crippen LogP contribution >= 0.6 is 0 Å². The second-order valence-electron chi connectivity index (χ2n) is 5.83. The van der Waals surface area contributed by atoms with E-state index in [1.54, 1.807) is 18.5 Å². The minimum Gasteiger partial charge on any atom is -0.373 e. The second kappa shape index (κ2) is 5.51. The van der Waals surface area contributed by atoms with Gasteiger partial charge in [0.05, 0.1) is 11.9 Å². The van der Waals surface area contributed by atoms with Gasteiger partial charge in [0.1, 0.15) is 0 Å². The molecule has 0 amide bonds. The van der Waals surface area contributed by atoms with E-state index in [9.17, 15) is 8.42 Å². The predicted octanol–water partition coefficient (Wildman–Crippen LogP) is 0.154. The van der Waals surface area contributed by atoms with Gasteiger partial charge in [-0.2, -0.15) is 0 Å². The van der Waals surface area contributed by atoms with Gasteiger partial charge in [-0.3, -0.25) is 0 Å². The first-order valence-electron chi connectivity index (χ1n) is 7.09. The lowest BCUT2D eigenvalue weighted by Gasteiger charge is -2.38. The summed E-state index contributed by atoms with van der Waals surface area (Å²) in [7, 11) is -3.18. The van der Waals surface area contributed by atoms with Crippen LogP contribution in [0.25, 0.3) is 0 Å². The molecule has 8 heteroatoms. The molecule has 2 saturated heterocycles. The maximum Gasteiger partial charge on any atom is 0.225 e. The summed E-state index contributed by atoms with van der Waals surface area (Å²) in [5, 5.41) is 0. The third-order valence-corrected chi connectivity index (χ3v) is 4.79. The fraction of sp³-hybridized carbons (Fsp3) is 0.692. The highest BCUT2D eigenvalue weighted by Gasteiger charge is 2.44. The Kier molecular flexibility index (Phi) is 3.85. The van der Waals surface area contributed by atoms with Gasteiger partial charge in [-0.25, -0.2) is 23.1 Å². The molecule has 0 unspecified atom stereocenters. The number of sulfonamides is 1. The number of rotatable bonds is 3. The Morgan fingerprint density at radius 3 is 2.90 bits per heavy atom. The van der Waals surface area contributed by atoms with Crippen LogP contribution in [-0.4, -0.2) is 56.0 Å². The van der Waals surface area contributed by atoms with Crippen molar-refractivity contribution in [3.8, 4) is 0 Å². The van der Waals surface area contributed by atoms with Crippen LogP contribution < -0.4 is 9.62 Å². The Bertz CT molecular complexity index is 595. The summed E-state index contributed by atoms with van der Waals surface area (Å²) in [5.74, 6) is 0.705. The molecule has 2 fully saturated rings. The average Bonchev–Trinajstić information content (AvgIpc) is 2.81. The SMILES string of the molecule is CS(=O)(=O)N[C@H]1CCO[C@@]2(CCN(c3ncccn3)C2)C1. The number of nitrogens with one attached hydrogen (secondary N) is 1. The van der Waals surface area contributed by atoms with Crippen molar-refractivity contribution >= 4 is 16.0 Å². The normalized spacial score (nSPS) is 30.0. The zero-order valence-corrected chi connectivity index (χ0v) is 12.8. The van der Waals surface area contributed by atoms with Gasteiger partial charge < -0.3 is 9.64 Å². The molecule has 1 N–H and O–H groups in total. The van der Waals surface area contributed by atoms with Crippen molar-refractivity contribution in [3.05, 3.63) is 18.5 Å². The number of hydrogen-bond acceptors (Lipinski definition) is 6. The molecule has 2 aliphatic heterocycles. The van der Waals surface area contributed by atoms with Gasteiger partial charge in [-0.15, -0.1) is 0 Å². The molecule has 3 heterocycles. The summed E-state index contributed by atoms with van der Waals surface area (Å²) in [6.45, 7) is 2.12. The van der Waals surface area contributed by atoms with E-state index in [0.717, 1.165) is 19.4 Å². The Balaban J connectivity index is 1.68. The summed E-state index contributed by atoms with van der Waals surface area (Å²) in [4.78, 5) is 10.6. The lowest BCUT2D eigenvalue weighted by Crippen LogP contribution is -2.49. The van der Waals surface area contributed by atoms with Crippen molar-refractivity contribution in [2.24, 2.45) is 0 Å². The molecule has 116 valence electrons. The number of aromatic nitrogens is 2. The molecule has 0 aromatic carbocycles. The van der Waals surface area contributed by atoms with Crippen LogP contribution in [0.3, 0.4) is 0 Å². The molecule has 1 spiro atoms. The second-order valence-corrected chi connectivity index (χ2v) is 7.61. The molecule has 2 aliphatic rings. The largest absolute Gasteiger partial charge is 0.373 e. The van der Waals surface area contributed by atoms with Gasteiger partial charge in [0.2, 0.25) is 16.0 Å². The maximum absolute atomic E-state index is 11.4. The van der Waals surface area contributed by atoms with E-state index in [2.05, 4.69) is 19.6 Å². The Hall–Kier alpha value is -1.25. The first-order valence-corrected chi connectivity index (χ1v) is 8.98. The van der Waals surface area contributed by atoms with Crippen molar-refractivity contribution in [1.29, 1.82) is 0 Å². The molecule has 1 aromatic heterocycles. The quantitative estimate of drug-likeness (QED) is 0.855. The fourth-order valence-corrected chi connectivity index (χ4v) is 3.99. The van der Waals surface area contributed by atoms with Crippen LogP contribution in [-0.2, 0) is 14.8 Å². The predicted molar refractivity (Wildman–Crippen MR) is 78.5 cm³/mol. The van der Waals surface area contributed by atoms with Gasteiger partial charge >= 0.3 is 0 Å². The molecule has 3 rings (SSSR count). The third-order valence-electron chi connectivity index (χ3n) is 4.03. The third kappa shape index (κ3) is 3.50. The van der Waals surface area contributed by atoms with Crippen molar-refractivity contribution in [2.75, 3.05) is 30.9 Å². The molecular weight excluding hydrogens is 292 g/mol. The van der Waals surface area contributed by atoms with Crippen molar-refractivity contribution in [3.63, 3.8) is 0 Å². The summed E-state index contributed by atoms with van der Waals surface area (Å²) in [6.07, 6.45) is 6.94. The number of ether oxygens (including phenoxy) is 1. The minimum atomic E-state index is -3.18. The molecule has 0 radical (unpaired) electrons. The lowest BCUT2D eigenvalue weighted by molar-refractivity contribution is -0.0706. The minimum absolute atomic E-state index is 0.0506. The average molecular weight is 312 g/mol. The van der Waals surface area contributed by atoms with Gasteiger partial charge in [0.25, 0.3) is 0 Å². The van der Waals surface area contributed by atoms with Crippen LogP contribution in [0.1, 0.15) is 19.3 Å². The topological polar surface area (TPSA) is 84.4 Å². The van der Waals surface area contributed by atoms with Gasteiger partial charge in [0, 0.05) is 38.1 Å². The van der Waals surface area contributed by atoms with Crippen LogP contribution in [0.4, 0.5) is 5.95 Å². The molecule has 2 atom stereocenters. The van der Waals surface area contributed by atoms with E-state index in [1.165, 1.54) is 6.26 Å². The zero-order valence-electron chi connectivity index (χ0n) is 12.0. The van der Waals surface area contributed by atoms with Crippen molar-refractivity contribution < 1.29 is 13.2 Å². The number of hydrogen-bond donors (Lipinski definition) is 1. The van der Waals surface area contributed by atoms with E-state index >= 15 is 0 Å². The Morgan fingerprint density at radius 2 is 2.19 bits per heavy atom. The smallest absolute Gasteiger partial charge is 0.225 e. The summed E-state index contributed by atoms with van der Waals surface area (Å²) in [6, 6.07) is 1.74. The van der Waals surface area contributed by atoms with E-state index in [0.29, 0.717) is 25.5 Å². The van der Waals surface area contributed by atoms with Crippen LogP contribution in [0, 0.1) is 0 Å².